The Hall–Kier alpha value is -3.41. The van der Waals surface area contributed by atoms with Crippen molar-refractivity contribution < 1.29 is 9.53 Å². The Balaban J connectivity index is 1.59. The molecule has 0 aliphatic carbocycles. The average molecular weight is 374 g/mol. The van der Waals surface area contributed by atoms with Crippen molar-refractivity contribution in [2.24, 2.45) is 0 Å². The highest BCUT2D eigenvalue weighted by Gasteiger charge is 2.24. The van der Waals surface area contributed by atoms with Crippen molar-refractivity contribution in [2.45, 2.75) is 19.8 Å². The fourth-order valence-electron chi connectivity index (χ4n) is 3.39. The Morgan fingerprint density at radius 2 is 1.96 bits per heavy atom. The van der Waals surface area contributed by atoms with Crippen LogP contribution in [0.3, 0.4) is 0 Å². The number of ether oxygens (including phenoxy) is 1. The number of nitrogens with zero attached hydrogens (tertiary/aromatic N) is 3. The summed E-state index contributed by atoms with van der Waals surface area (Å²) in [5.41, 5.74) is 3.29. The van der Waals surface area contributed by atoms with Gasteiger partial charge in [-0.3, -0.25) is 4.79 Å². The number of anilines is 3. The number of carbonyl (C=O) groups is 1. The van der Waals surface area contributed by atoms with Crippen LogP contribution in [-0.2, 0) is 6.42 Å². The van der Waals surface area contributed by atoms with Gasteiger partial charge in [-0.25, -0.2) is 9.97 Å². The number of carbonyl (C=O) groups excluding carboxylic acids is 1. The molecule has 0 saturated carbocycles. The molecule has 6 nitrogen and oxygen atoms in total. The molecule has 2 heterocycles. The predicted molar refractivity (Wildman–Crippen MR) is 109 cm³/mol. The van der Waals surface area contributed by atoms with Crippen LogP contribution in [0.15, 0.2) is 60.8 Å². The molecular weight excluding hydrogens is 352 g/mol. The molecule has 0 bridgehead atoms. The number of nitrogens with one attached hydrogen (secondary N) is 1. The van der Waals surface area contributed by atoms with E-state index >= 15 is 0 Å². The van der Waals surface area contributed by atoms with E-state index in [-0.39, 0.29) is 5.91 Å². The lowest BCUT2D eigenvalue weighted by molar-refractivity contribution is 0.0980. The van der Waals surface area contributed by atoms with Gasteiger partial charge in [0.15, 0.2) is 0 Å². The fraction of sp³-hybridized carbons (Fsp3) is 0.227. The number of aromatic nitrogens is 2. The monoisotopic (exact) mass is 374 g/mol. The molecule has 1 amide bonds. The van der Waals surface area contributed by atoms with Gasteiger partial charge in [-0.2, -0.15) is 0 Å². The van der Waals surface area contributed by atoms with E-state index in [1.165, 1.54) is 5.56 Å². The Labute approximate surface area is 164 Å². The number of benzene rings is 2. The van der Waals surface area contributed by atoms with Gasteiger partial charge < -0.3 is 15.0 Å². The molecule has 0 radical (unpaired) electrons. The first-order chi connectivity index (χ1) is 13.8. The van der Waals surface area contributed by atoms with Crippen molar-refractivity contribution in [1.82, 2.24) is 9.97 Å². The Morgan fingerprint density at radius 3 is 2.86 bits per heavy atom. The number of amides is 1. The zero-order chi connectivity index (χ0) is 19.3. The summed E-state index contributed by atoms with van der Waals surface area (Å²) in [7, 11) is 0. The minimum atomic E-state index is -0.115. The van der Waals surface area contributed by atoms with Crippen LogP contribution in [-0.4, -0.2) is 29.0 Å². The first-order valence-corrected chi connectivity index (χ1v) is 9.48. The van der Waals surface area contributed by atoms with E-state index in [1.807, 2.05) is 49.4 Å². The molecule has 1 N–H and O–H groups in total. The van der Waals surface area contributed by atoms with E-state index in [0.29, 0.717) is 24.8 Å². The third kappa shape index (κ3) is 3.67. The molecule has 0 fully saturated rings. The molecule has 142 valence electrons. The van der Waals surface area contributed by atoms with Crippen LogP contribution >= 0.6 is 0 Å². The van der Waals surface area contributed by atoms with Crippen molar-refractivity contribution in [2.75, 3.05) is 23.4 Å². The maximum Gasteiger partial charge on any atom is 0.277 e. The van der Waals surface area contributed by atoms with E-state index in [1.54, 1.807) is 17.2 Å². The molecule has 1 aromatic heterocycles. The van der Waals surface area contributed by atoms with Gasteiger partial charge in [0.25, 0.3) is 5.91 Å². The summed E-state index contributed by atoms with van der Waals surface area (Å²) in [5, 5.41) is 3.16. The summed E-state index contributed by atoms with van der Waals surface area (Å²) < 4.78 is 5.63. The predicted octanol–water partition coefficient (Wildman–Crippen LogP) is 4.21. The third-order valence-corrected chi connectivity index (χ3v) is 4.66. The van der Waals surface area contributed by atoms with Crippen molar-refractivity contribution >= 4 is 23.2 Å². The van der Waals surface area contributed by atoms with E-state index in [2.05, 4.69) is 21.4 Å². The normalized spacial score (nSPS) is 13.0. The van der Waals surface area contributed by atoms with Crippen LogP contribution in [0.1, 0.15) is 29.4 Å². The van der Waals surface area contributed by atoms with Crippen molar-refractivity contribution in [3.05, 3.63) is 72.1 Å². The topological polar surface area (TPSA) is 67.3 Å². The lowest BCUT2D eigenvalue weighted by Crippen LogP contribution is -2.36. The largest absolute Gasteiger partial charge is 0.492 e. The highest BCUT2D eigenvalue weighted by atomic mass is 16.5. The molecule has 0 spiro atoms. The van der Waals surface area contributed by atoms with E-state index in [4.69, 9.17) is 4.74 Å². The maximum atomic E-state index is 13.1. The molecule has 0 unspecified atom stereocenters. The first kappa shape index (κ1) is 18.0. The molecule has 1 aliphatic rings. The van der Waals surface area contributed by atoms with Gasteiger partial charge >= 0.3 is 0 Å². The van der Waals surface area contributed by atoms with Crippen LogP contribution < -0.4 is 15.0 Å². The van der Waals surface area contributed by atoms with Crippen molar-refractivity contribution in [3.63, 3.8) is 0 Å². The van der Waals surface area contributed by atoms with Gasteiger partial charge in [-0.1, -0.05) is 30.3 Å². The SMILES string of the molecule is CCOc1ccccc1Nc1nccc(C(=O)N2CCCc3ccccc32)n1. The minimum Gasteiger partial charge on any atom is -0.492 e. The zero-order valence-electron chi connectivity index (χ0n) is 15.8. The molecule has 0 saturated heterocycles. The fourth-order valence-corrected chi connectivity index (χ4v) is 3.39. The summed E-state index contributed by atoms with van der Waals surface area (Å²) in [6.07, 6.45) is 3.53. The summed E-state index contributed by atoms with van der Waals surface area (Å²) >= 11 is 0. The molecule has 6 heteroatoms. The van der Waals surface area contributed by atoms with E-state index in [9.17, 15) is 4.79 Å². The highest BCUT2D eigenvalue weighted by Crippen LogP contribution is 2.29. The average Bonchev–Trinajstić information content (AvgIpc) is 2.75. The second-order valence-electron chi connectivity index (χ2n) is 6.51. The minimum absolute atomic E-state index is 0.115. The third-order valence-electron chi connectivity index (χ3n) is 4.66. The van der Waals surface area contributed by atoms with E-state index < -0.39 is 0 Å². The van der Waals surface area contributed by atoms with Gasteiger partial charge in [0.1, 0.15) is 11.4 Å². The van der Waals surface area contributed by atoms with Crippen LogP contribution in [0.4, 0.5) is 17.3 Å². The smallest absolute Gasteiger partial charge is 0.277 e. The summed E-state index contributed by atoms with van der Waals surface area (Å²) in [4.78, 5) is 23.6. The number of hydrogen-bond donors (Lipinski definition) is 1. The molecular formula is C22H22N4O2. The van der Waals surface area contributed by atoms with Gasteiger partial charge in [0.2, 0.25) is 5.95 Å². The van der Waals surface area contributed by atoms with Gasteiger partial charge in [-0.05, 0) is 49.6 Å². The second-order valence-corrected chi connectivity index (χ2v) is 6.51. The molecule has 4 rings (SSSR count). The van der Waals surface area contributed by atoms with Crippen molar-refractivity contribution in [3.8, 4) is 5.75 Å². The molecule has 3 aromatic rings. The lowest BCUT2D eigenvalue weighted by atomic mass is 10.0. The van der Waals surface area contributed by atoms with E-state index in [0.717, 1.165) is 30.0 Å². The Morgan fingerprint density at radius 1 is 1.14 bits per heavy atom. The lowest BCUT2D eigenvalue weighted by Gasteiger charge is -2.29. The first-order valence-electron chi connectivity index (χ1n) is 9.48. The Bertz CT molecular complexity index is 990. The van der Waals surface area contributed by atoms with Gasteiger partial charge in [-0.15, -0.1) is 0 Å². The van der Waals surface area contributed by atoms with Crippen LogP contribution in [0.5, 0.6) is 5.75 Å². The van der Waals surface area contributed by atoms with Crippen LogP contribution in [0.2, 0.25) is 0 Å². The number of hydrogen-bond acceptors (Lipinski definition) is 5. The summed E-state index contributed by atoms with van der Waals surface area (Å²) in [6, 6.07) is 17.3. The molecule has 2 aromatic carbocycles. The van der Waals surface area contributed by atoms with Crippen LogP contribution in [0, 0.1) is 0 Å². The van der Waals surface area contributed by atoms with Gasteiger partial charge in [0.05, 0.1) is 12.3 Å². The van der Waals surface area contributed by atoms with Crippen LogP contribution in [0.25, 0.3) is 0 Å². The highest BCUT2D eigenvalue weighted by molar-refractivity contribution is 6.05. The standard InChI is InChI=1S/C22H22N4O2/c1-2-28-20-12-6-4-10-17(20)24-22-23-14-13-18(25-22)21(27)26-15-7-9-16-8-3-5-11-19(16)26/h3-6,8,10-14H,2,7,9,15H2,1H3,(H,23,24,25). The number of para-hydroxylation sites is 3. The summed E-state index contributed by atoms with van der Waals surface area (Å²) in [6.45, 7) is 3.19. The zero-order valence-corrected chi connectivity index (χ0v) is 15.8. The molecule has 28 heavy (non-hydrogen) atoms. The number of aryl methyl sites for hydroxylation is 1. The number of rotatable bonds is 5. The maximum absolute atomic E-state index is 13.1. The summed E-state index contributed by atoms with van der Waals surface area (Å²) in [5.74, 6) is 0.967. The van der Waals surface area contributed by atoms with Gasteiger partial charge in [0, 0.05) is 18.4 Å². The number of fused-ring (bicyclic) bond motifs is 1. The Kier molecular flexibility index (Phi) is 5.19. The van der Waals surface area contributed by atoms with Crippen molar-refractivity contribution in [1.29, 1.82) is 0 Å². The second kappa shape index (κ2) is 8.08. The molecule has 1 aliphatic heterocycles. The molecule has 0 atom stereocenters. The quantitative estimate of drug-likeness (QED) is 0.724.